The molecule has 0 aliphatic carbocycles. The summed E-state index contributed by atoms with van der Waals surface area (Å²) in [6.45, 7) is 6.48. The van der Waals surface area contributed by atoms with Crippen LogP contribution in [-0.2, 0) is 12.1 Å². The molecule has 1 N–H and O–H groups in total. The summed E-state index contributed by atoms with van der Waals surface area (Å²) in [6, 6.07) is 5.98. The Labute approximate surface area is 119 Å². The number of halogens is 1. The number of aromatic nitrogens is 2. The van der Waals surface area contributed by atoms with E-state index in [1.807, 2.05) is 12.1 Å². The van der Waals surface area contributed by atoms with Crippen LogP contribution in [0.3, 0.4) is 0 Å². The summed E-state index contributed by atoms with van der Waals surface area (Å²) < 4.78 is 2.30. The number of nitrogens with one attached hydrogen (secondary N) is 1. The minimum atomic E-state index is -0.0164. The van der Waals surface area contributed by atoms with Gasteiger partial charge >= 0.3 is 0 Å². The van der Waals surface area contributed by atoms with Crippen molar-refractivity contribution in [2.75, 3.05) is 6.54 Å². The number of nitrogens with zero attached hydrogens (tertiary/aromatic N) is 2. The largest absolute Gasteiger partial charge is 0.325 e. The highest BCUT2D eigenvalue weighted by atomic mass is 35.5. The molecule has 0 bridgehead atoms. The van der Waals surface area contributed by atoms with Crippen molar-refractivity contribution in [3.05, 3.63) is 29.0 Å². The molecule has 2 heterocycles. The maximum absolute atomic E-state index is 6.38. The second-order valence-electron chi connectivity index (χ2n) is 5.56. The molecule has 0 radical (unpaired) electrons. The fourth-order valence-corrected chi connectivity index (χ4v) is 3.36. The van der Waals surface area contributed by atoms with Gasteiger partial charge in [-0.2, -0.15) is 0 Å². The highest BCUT2D eigenvalue weighted by Gasteiger charge is 2.35. The summed E-state index contributed by atoms with van der Waals surface area (Å²) in [5, 5.41) is 4.40. The molecule has 4 heteroatoms. The van der Waals surface area contributed by atoms with E-state index < -0.39 is 0 Å². The summed E-state index contributed by atoms with van der Waals surface area (Å²) in [5.74, 6) is 1.13. The van der Waals surface area contributed by atoms with Gasteiger partial charge in [0.25, 0.3) is 0 Å². The van der Waals surface area contributed by atoms with Gasteiger partial charge in [-0.25, -0.2) is 4.98 Å². The molecule has 1 fully saturated rings. The summed E-state index contributed by atoms with van der Waals surface area (Å²) >= 11 is 6.38. The molecule has 3 nitrogen and oxygen atoms in total. The Morgan fingerprint density at radius 1 is 1.47 bits per heavy atom. The van der Waals surface area contributed by atoms with Crippen LogP contribution in [0.4, 0.5) is 0 Å². The van der Waals surface area contributed by atoms with Gasteiger partial charge in [0.2, 0.25) is 0 Å². The standard InChI is InChI=1S/C15H20ClN3/c1-3-10-19-13-11(16)6-4-7-12(13)18-14(19)15(2)8-5-9-17-15/h4,6-7,17H,3,5,8-10H2,1-2H3. The van der Waals surface area contributed by atoms with E-state index in [0.29, 0.717) is 0 Å². The van der Waals surface area contributed by atoms with Gasteiger partial charge in [0.05, 0.1) is 21.6 Å². The number of rotatable bonds is 3. The number of hydrogen-bond donors (Lipinski definition) is 1. The van der Waals surface area contributed by atoms with E-state index in [2.05, 4.69) is 29.8 Å². The number of para-hydroxylation sites is 1. The lowest BCUT2D eigenvalue weighted by atomic mass is 9.99. The van der Waals surface area contributed by atoms with Crippen LogP contribution >= 0.6 is 11.6 Å². The molecular formula is C15H20ClN3. The van der Waals surface area contributed by atoms with Crippen LogP contribution in [0.15, 0.2) is 18.2 Å². The first kappa shape index (κ1) is 12.9. The van der Waals surface area contributed by atoms with E-state index in [1.165, 1.54) is 6.42 Å². The SMILES string of the molecule is CCCn1c(C2(C)CCCN2)nc2cccc(Cl)c21. The smallest absolute Gasteiger partial charge is 0.130 e. The summed E-state index contributed by atoms with van der Waals surface area (Å²) in [6.07, 6.45) is 3.43. The zero-order chi connectivity index (χ0) is 13.5. The number of aryl methyl sites for hydroxylation is 1. The van der Waals surface area contributed by atoms with E-state index in [1.54, 1.807) is 0 Å². The monoisotopic (exact) mass is 277 g/mol. The Kier molecular flexibility index (Phi) is 3.27. The Morgan fingerprint density at radius 2 is 2.32 bits per heavy atom. The fourth-order valence-electron chi connectivity index (χ4n) is 3.09. The second-order valence-corrected chi connectivity index (χ2v) is 5.96. The first-order chi connectivity index (χ1) is 9.15. The molecule has 0 spiro atoms. The van der Waals surface area contributed by atoms with Crippen LogP contribution in [0.25, 0.3) is 11.0 Å². The van der Waals surface area contributed by atoms with Crippen LogP contribution in [0, 0.1) is 0 Å². The number of imidazole rings is 1. The van der Waals surface area contributed by atoms with E-state index in [0.717, 1.165) is 47.8 Å². The van der Waals surface area contributed by atoms with Crippen molar-refractivity contribution < 1.29 is 0 Å². The molecule has 2 aromatic rings. The van der Waals surface area contributed by atoms with E-state index in [4.69, 9.17) is 16.6 Å². The molecule has 1 aliphatic heterocycles. The Balaban J connectivity index is 2.23. The zero-order valence-corrected chi connectivity index (χ0v) is 12.3. The molecule has 1 aliphatic rings. The van der Waals surface area contributed by atoms with Crippen molar-refractivity contribution in [2.45, 2.75) is 45.2 Å². The van der Waals surface area contributed by atoms with Crippen LogP contribution in [0.5, 0.6) is 0 Å². The average molecular weight is 278 g/mol. The molecule has 1 unspecified atom stereocenters. The molecule has 1 atom stereocenters. The van der Waals surface area contributed by atoms with Crippen LogP contribution in [0.2, 0.25) is 5.02 Å². The van der Waals surface area contributed by atoms with Crippen molar-refractivity contribution in [1.82, 2.24) is 14.9 Å². The maximum atomic E-state index is 6.38. The van der Waals surface area contributed by atoms with Gasteiger partial charge in [0.15, 0.2) is 0 Å². The van der Waals surface area contributed by atoms with Crippen LogP contribution in [0.1, 0.15) is 38.9 Å². The van der Waals surface area contributed by atoms with Crippen molar-refractivity contribution in [3.63, 3.8) is 0 Å². The molecule has 0 saturated carbocycles. The lowest BCUT2D eigenvalue weighted by Gasteiger charge is -2.25. The van der Waals surface area contributed by atoms with E-state index >= 15 is 0 Å². The Bertz CT molecular complexity index is 597. The Hall–Kier alpha value is -1.06. The summed E-state index contributed by atoms with van der Waals surface area (Å²) in [7, 11) is 0. The average Bonchev–Trinajstić information content (AvgIpc) is 2.96. The number of hydrogen-bond acceptors (Lipinski definition) is 2. The third kappa shape index (κ3) is 2.05. The predicted molar refractivity (Wildman–Crippen MR) is 79.6 cm³/mol. The van der Waals surface area contributed by atoms with Crippen molar-refractivity contribution in [3.8, 4) is 0 Å². The topological polar surface area (TPSA) is 29.9 Å². The molecule has 0 amide bonds. The van der Waals surface area contributed by atoms with Gasteiger partial charge in [0.1, 0.15) is 5.82 Å². The summed E-state index contributed by atoms with van der Waals surface area (Å²) in [5.41, 5.74) is 2.07. The van der Waals surface area contributed by atoms with E-state index in [9.17, 15) is 0 Å². The highest BCUT2D eigenvalue weighted by molar-refractivity contribution is 6.35. The van der Waals surface area contributed by atoms with Crippen molar-refractivity contribution in [2.24, 2.45) is 0 Å². The van der Waals surface area contributed by atoms with E-state index in [-0.39, 0.29) is 5.54 Å². The Morgan fingerprint density at radius 3 is 3.00 bits per heavy atom. The van der Waals surface area contributed by atoms with Gasteiger partial charge < -0.3 is 9.88 Å². The normalized spacial score (nSPS) is 23.3. The van der Waals surface area contributed by atoms with Crippen molar-refractivity contribution in [1.29, 1.82) is 0 Å². The summed E-state index contributed by atoms with van der Waals surface area (Å²) in [4.78, 5) is 4.86. The van der Waals surface area contributed by atoms with Gasteiger partial charge in [0, 0.05) is 6.54 Å². The predicted octanol–water partition coefficient (Wildman–Crippen LogP) is 3.70. The van der Waals surface area contributed by atoms with Gasteiger partial charge in [-0.3, -0.25) is 0 Å². The van der Waals surface area contributed by atoms with Crippen molar-refractivity contribution >= 4 is 22.6 Å². The third-order valence-electron chi connectivity index (χ3n) is 4.03. The minimum Gasteiger partial charge on any atom is -0.325 e. The molecule has 1 aromatic carbocycles. The second kappa shape index (κ2) is 4.80. The lowest BCUT2D eigenvalue weighted by Crippen LogP contribution is -2.36. The first-order valence-corrected chi connectivity index (χ1v) is 7.44. The van der Waals surface area contributed by atoms with Gasteiger partial charge in [-0.05, 0) is 44.9 Å². The maximum Gasteiger partial charge on any atom is 0.130 e. The fraction of sp³-hybridized carbons (Fsp3) is 0.533. The number of benzene rings is 1. The first-order valence-electron chi connectivity index (χ1n) is 7.06. The minimum absolute atomic E-state index is 0.0164. The highest BCUT2D eigenvalue weighted by Crippen LogP contribution is 2.34. The van der Waals surface area contributed by atoms with Crippen LogP contribution < -0.4 is 5.32 Å². The molecular weight excluding hydrogens is 258 g/mol. The van der Waals surface area contributed by atoms with Crippen LogP contribution in [-0.4, -0.2) is 16.1 Å². The zero-order valence-electron chi connectivity index (χ0n) is 11.5. The molecule has 1 aromatic heterocycles. The molecule has 19 heavy (non-hydrogen) atoms. The lowest BCUT2D eigenvalue weighted by molar-refractivity contribution is 0.388. The molecule has 102 valence electrons. The molecule has 3 rings (SSSR count). The quantitative estimate of drug-likeness (QED) is 0.927. The molecule has 1 saturated heterocycles. The van der Waals surface area contributed by atoms with Gasteiger partial charge in [-0.15, -0.1) is 0 Å². The van der Waals surface area contributed by atoms with Gasteiger partial charge in [-0.1, -0.05) is 24.6 Å². The number of fused-ring (bicyclic) bond motifs is 1. The third-order valence-corrected chi connectivity index (χ3v) is 4.33.